The fourth-order valence-electron chi connectivity index (χ4n) is 5.01. The number of aliphatic hydroxyl groups excluding tert-OH is 2. The third-order valence-electron chi connectivity index (χ3n) is 6.86. The van der Waals surface area contributed by atoms with Gasteiger partial charge in [0.25, 0.3) is 0 Å². The first-order chi connectivity index (χ1) is 15.1. The number of hydrogen-bond donors (Lipinski definition) is 3. The molecule has 3 rings (SSSR count). The summed E-state index contributed by atoms with van der Waals surface area (Å²) in [7, 11) is 0. The Morgan fingerprint density at radius 3 is 2.94 bits per heavy atom. The fourth-order valence-corrected chi connectivity index (χ4v) is 5.01. The summed E-state index contributed by atoms with van der Waals surface area (Å²) in [5.41, 5.74) is 1.56. The minimum atomic E-state index is -0.497. The quantitative estimate of drug-likeness (QED) is 0.283. The van der Waals surface area contributed by atoms with Crippen molar-refractivity contribution in [3.63, 3.8) is 0 Å². The predicted molar refractivity (Wildman–Crippen MR) is 127 cm³/mol. The molecule has 0 amide bonds. The number of pyridine rings is 1. The zero-order valence-corrected chi connectivity index (χ0v) is 19.0. The number of aromatic nitrogens is 1. The van der Waals surface area contributed by atoms with Gasteiger partial charge < -0.3 is 15.5 Å². The van der Waals surface area contributed by atoms with Crippen molar-refractivity contribution in [1.82, 2.24) is 4.98 Å². The van der Waals surface area contributed by atoms with Crippen molar-refractivity contribution in [3.8, 4) is 11.8 Å². The van der Waals surface area contributed by atoms with E-state index in [0.717, 1.165) is 44.5 Å². The topological polar surface area (TPSA) is 65.4 Å². The molecule has 0 aromatic carbocycles. The van der Waals surface area contributed by atoms with E-state index in [1.54, 1.807) is 5.57 Å². The molecule has 2 fully saturated rings. The minimum absolute atomic E-state index is 0.115. The second-order valence-electron chi connectivity index (χ2n) is 9.20. The number of nitrogens with one attached hydrogen (secondary N) is 1. The van der Waals surface area contributed by atoms with Crippen molar-refractivity contribution in [2.24, 2.45) is 23.7 Å². The highest BCUT2D eigenvalue weighted by Crippen LogP contribution is 2.50. The first-order valence-electron chi connectivity index (χ1n) is 11.8. The van der Waals surface area contributed by atoms with E-state index in [4.69, 9.17) is 0 Å². The molecular formula is C27H38N2O2. The van der Waals surface area contributed by atoms with Crippen molar-refractivity contribution >= 4 is 5.82 Å². The van der Waals surface area contributed by atoms with Crippen molar-refractivity contribution in [1.29, 1.82) is 0 Å². The molecule has 168 valence electrons. The Hall–Kier alpha value is -2.09. The van der Waals surface area contributed by atoms with Crippen LogP contribution in [0.3, 0.4) is 0 Å². The number of nitrogens with zero attached hydrogens (tertiary/aromatic N) is 1. The van der Waals surface area contributed by atoms with E-state index < -0.39 is 6.10 Å². The van der Waals surface area contributed by atoms with Crippen LogP contribution in [0.1, 0.15) is 58.8 Å². The van der Waals surface area contributed by atoms with Crippen LogP contribution in [0.5, 0.6) is 0 Å². The number of aliphatic hydroxyl groups is 2. The lowest BCUT2D eigenvalue weighted by atomic mass is 9.89. The van der Waals surface area contributed by atoms with Gasteiger partial charge in [-0.05, 0) is 75.3 Å². The summed E-state index contributed by atoms with van der Waals surface area (Å²) in [5, 5.41) is 24.3. The van der Waals surface area contributed by atoms with Crippen molar-refractivity contribution in [2.75, 3.05) is 11.9 Å². The van der Waals surface area contributed by atoms with E-state index in [1.807, 2.05) is 44.3 Å². The summed E-state index contributed by atoms with van der Waals surface area (Å²) in [6.07, 6.45) is 14.7. The zero-order valence-electron chi connectivity index (χ0n) is 19.0. The zero-order chi connectivity index (χ0) is 22.1. The van der Waals surface area contributed by atoms with Gasteiger partial charge in [-0.15, -0.1) is 11.8 Å². The van der Waals surface area contributed by atoms with Gasteiger partial charge in [0.2, 0.25) is 0 Å². The Labute approximate surface area is 187 Å². The highest BCUT2D eigenvalue weighted by molar-refractivity contribution is 5.32. The molecular weight excluding hydrogens is 384 g/mol. The molecule has 2 saturated carbocycles. The molecule has 6 atom stereocenters. The number of fused-ring (bicyclic) bond motifs is 1. The van der Waals surface area contributed by atoms with E-state index in [-0.39, 0.29) is 17.9 Å². The molecule has 1 aromatic heterocycles. The highest BCUT2D eigenvalue weighted by Gasteiger charge is 2.44. The predicted octanol–water partition coefficient (Wildman–Crippen LogP) is 4.96. The van der Waals surface area contributed by atoms with Crippen LogP contribution in [0.2, 0.25) is 0 Å². The lowest BCUT2D eigenvalue weighted by molar-refractivity contribution is 0.137. The molecule has 0 saturated heterocycles. The second kappa shape index (κ2) is 12.1. The van der Waals surface area contributed by atoms with E-state index in [0.29, 0.717) is 18.3 Å². The number of unbranched alkanes of at least 4 members (excludes halogenated alkanes) is 2. The van der Waals surface area contributed by atoms with Gasteiger partial charge >= 0.3 is 0 Å². The van der Waals surface area contributed by atoms with Gasteiger partial charge in [0.05, 0.1) is 12.2 Å². The molecule has 1 aromatic rings. The molecule has 2 aliphatic rings. The minimum Gasteiger partial charge on any atom is -0.392 e. The van der Waals surface area contributed by atoms with Crippen LogP contribution in [0.25, 0.3) is 0 Å². The van der Waals surface area contributed by atoms with Crippen LogP contribution in [0.4, 0.5) is 5.82 Å². The Morgan fingerprint density at radius 2 is 2.16 bits per heavy atom. The molecule has 0 unspecified atom stereocenters. The SMILES string of the molecule is CC#CC[C@@H](C)[C@H](O)C=C[C@@H]1[C@H]2CC(=CCCCCNc3ccccn3)C[C@H]2C[C@H]1O. The molecule has 0 spiro atoms. The lowest BCUT2D eigenvalue weighted by Gasteiger charge is -2.19. The van der Waals surface area contributed by atoms with Crippen LogP contribution in [0.15, 0.2) is 48.2 Å². The van der Waals surface area contributed by atoms with Crippen molar-refractivity contribution in [2.45, 2.75) is 71.0 Å². The van der Waals surface area contributed by atoms with Crippen LogP contribution >= 0.6 is 0 Å². The average Bonchev–Trinajstić information content (AvgIpc) is 3.29. The maximum absolute atomic E-state index is 10.6. The van der Waals surface area contributed by atoms with Gasteiger partial charge in [-0.1, -0.05) is 36.8 Å². The molecule has 4 nitrogen and oxygen atoms in total. The molecule has 0 bridgehead atoms. The maximum Gasteiger partial charge on any atom is 0.125 e. The summed E-state index contributed by atoms with van der Waals surface area (Å²) in [6.45, 7) is 4.80. The molecule has 2 aliphatic carbocycles. The van der Waals surface area contributed by atoms with Crippen LogP contribution in [0, 0.1) is 35.5 Å². The molecule has 31 heavy (non-hydrogen) atoms. The smallest absolute Gasteiger partial charge is 0.125 e. The largest absolute Gasteiger partial charge is 0.392 e. The van der Waals surface area contributed by atoms with E-state index >= 15 is 0 Å². The number of hydrogen-bond acceptors (Lipinski definition) is 4. The molecule has 3 N–H and O–H groups in total. The number of anilines is 1. The van der Waals surface area contributed by atoms with Crippen LogP contribution in [-0.4, -0.2) is 33.9 Å². The third kappa shape index (κ3) is 6.95. The summed E-state index contributed by atoms with van der Waals surface area (Å²) in [6, 6.07) is 5.93. The number of allylic oxidation sites excluding steroid dienone is 2. The Kier molecular flexibility index (Phi) is 9.18. The fraction of sp³-hybridized carbons (Fsp3) is 0.593. The van der Waals surface area contributed by atoms with E-state index in [1.165, 1.54) is 6.42 Å². The van der Waals surface area contributed by atoms with E-state index in [2.05, 4.69) is 34.3 Å². The average molecular weight is 423 g/mol. The van der Waals surface area contributed by atoms with Crippen LogP contribution < -0.4 is 5.32 Å². The Balaban J connectivity index is 1.41. The van der Waals surface area contributed by atoms with E-state index in [9.17, 15) is 10.2 Å². The molecule has 0 radical (unpaired) electrons. The highest BCUT2D eigenvalue weighted by atomic mass is 16.3. The van der Waals surface area contributed by atoms with Gasteiger partial charge in [0.1, 0.15) is 5.82 Å². The second-order valence-corrected chi connectivity index (χ2v) is 9.20. The first-order valence-corrected chi connectivity index (χ1v) is 11.8. The Bertz CT molecular complexity index is 792. The normalized spacial score (nSPS) is 28.3. The Morgan fingerprint density at radius 1 is 1.29 bits per heavy atom. The molecule has 4 heteroatoms. The lowest BCUT2D eigenvalue weighted by Crippen LogP contribution is -2.19. The summed E-state index contributed by atoms with van der Waals surface area (Å²) >= 11 is 0. The summed E-state index contributed by atoms with van der Waals surface area (Å²) in [4.78, 5) is 4.28. The van der Waals surface area contributed by atoms with Crippen molar-refractivity contribution < 1.29 is 10.2 Å². The van der Waals surface area contributed by atoms with Gasteiger partial charge in [0.15, 0.2) is 0 Å². The maximum atomic E-state index is 10.6. The van der Waals surface area contributed by atoms with Gasteiger partial charge in [-0.25, -0.2) is 4.98 Å². The standard InChI is InChI=1S/C27H38N2O2/c1-3-4-10-20(2)25(30)14-13-23-24-18-21(17-22(24)19-26(23)31)11-6-5-8-15-28-27-12-7-9-16-29-27/h7,9,11-14,16,20,22-26,30-31H,5-6,8,10,15,17-19H2,1-2H3,(H,28,29)/t20-,22+,23-,24+,25-,26-/m1/s1. The molecule has 0 aliphatic heterocycles. The summed E-state index contributed by atoms with van der Waals surface area (Å²) in [5.74, 6) is 8.26. The van der Waals surface area contributed by atoms with Crippen LogP contribution in [-0.2, 0) is 0 Å². The van der Waals surface area contributed by atoms with Gasteiger partial charge in [0, 0.05) is 25.1 Å². The third-order valence-corrected chi connectivity index (χ3v) is 6.86. The first kappa shape index (κ1) is 23.6. The van der Waals surface area contributed by atoms with Gasteiger partial charge in [-0.2, -0.15) is 0 Å². The molecule has 1 heterocycles. The monoisotopic (exact) mass is 422 g/mol. The van der Waals surface area contributed by atoms with Gasteiger partial charge in [-0.3, -0.25) is 0 Å². The number of rotatable bonds is 10. The van der Waals surface area contributed by atoms with Crippen molar-refractivity contribution in [3.05, 3.63) is 48.2 Å². The summed E-state index contributed by atoms with van der Waals surface area (Å²) < 4.78 is 0.